The van der Waals surface area contributed by atoms with Gasteiger partial charge in [-0.15, -0.1) is 0 Å². The van der Waals surface area contributed by atoms with Gasteiger partial charge in [0, 0.05) is 24.7 Å². The number of aryl methyl sites for hydroxylation is 1. The van der Waals surface area contributed by atoms with Crippen molar-refractivity contribution in [3.63, 3.8) is 0 Å². The number of benzene rings is 2. The number of nitrogens with one attached hydrogen (secondary N) is 3. The maximum Gasteiger partial charge on any atom is 0.319 e. The van der Waals surface area contributed by atoms with Crippen molar-refractivity contribution >= 4 is 23.4 Å². The summed E-state index contributed by atoms with van der Waals surface area (Å²) in [5.74, 6) is 0.405. The molecular weight excluding hydrogens is 522 g/mol. The number of aromatic nitrogens is 2. The van der Waals surface area contributed by atoms with Gasteiger partial charge in [0.15, 0.2) is 5.82 Å². The van der Waals surface area contributed by atoms with Gasteiger partial charge in [-0.25, -0.2) is 4.79 Å². The van der Waals surface area contributed by atoms with E-state index in [1.165, 1.54) is 13.2 Å². The van der Waals surface area contributed by atoms with Crippen LogP contribution in [0.5, 0.6) is 5.75 Å². The molecule has 3 aromatic rings. The molecule has 2 heterocycles. The van der Waals surface area contributed by atoms with Gasteiger partial charge in [-0.3, -0.25) is 9.48 Å². The molecule has 2 aromatic carbocycles. The fourth-order valence-electron chi connectivity index (χ4n) is 5.25. The number of urea groups is 1. The number of hydrogen-bond acceptors (Lipinski definition) is 7. The summed E-state index contributed by atoms with van der Waals surface area (Å²) in [6.45, 7) is 8.42. The van der Waals surface area contributed by atoms with E-state index >= 15 is 0 Å². The predicted octanol–water partition coefficient (Wildman–Crippen LogP) is 3.66. The fraction of sp³-hybridized carbons (Fsp3) is 0.367. The Labute approximate surface area is 240 Å². The Morgan fingerprint density at radius 3 is 2.56 bits per heavy atom. The number of aliphatic hydroxyl groups excluding tert-OH is 1. The maximum atomic E-state index is 13.7. The molecule has 4 N–H and O–H groups in total. The van der Waals surface area contributed by atoms with Gasteiger partial charge in [-0.1, -0.05) is 36.9 Å². The number of likely N-dealkylation sites (N-methyl/N-ethyl adjacent to an activating group) is 1. The van der Waals surface area contributed by atoms with Crippen molar-refractivity contribution < 1.29 is 19.4 Å². The number of rotatable bonds is 10. The smallest absolute Gasteiger partial charge is 0.319 e. The molecule has 0 saturated carbocycles. The lowest BCUT2D eigenvalue weighted by atomic mass is 10.0. The topological polar surface area (TPSA) is 124 Å². The van der Waals surface area contributed by atoms with E-state index in [-0.39, 0.29) is 24.5 Å². The Balaban J connectivity index is 1.55. The van der Waals surface area contributed by atoms with Crippen molar-refractivity contribution in [2.45, 2.75) is 38.2 Å². The minimum absolute atomic E-state index is 0.199. The van der Waals surface area contributed by atoms with E-state index in [0.717, 1.165) is 16.8 Å². The number of fused-ring (bicyclic) bond motifs is 1. The van der Waals surface area contributed by atoms with Gasteiger partial charge in [-0.05, 0) is 57.8 Å². The van der Waals surface area contributed by atoms with Crippen LogP contribution in [0.25, 0.3) is 0 Å². The van der Waals surface area contributed by atoms with E-state index in [1.807, 2.05) is 70.2 Å². The third-order valence-electron chi connectivity index (χ3n) is 7.23. The standard InChI is InChI=1S/C30H39N7O4/c1-8-25(38)31-22-15-14-20(16-24(22)41-7)28(39)33-27-21-17-37(30(2,3)26(21)36(6)34-27)29(40)32-23(18-35(4)5)19-12-10-9-11-13-19/h8-16,23,25,31,38H,1,17-18H2,2-7H3,(H,32,40)(H,33,34,39)/t23-,25?/m1/s1. The molecule has 11 nitrogen and oxygen atoms in total. The maximum absolute atomic E-state index is 13.7. The van der Waals surface area contributed by atoms with Crippen LogP contribution < -0.4 is 20.7 Å². The molecule has 1 unspecified atom stereocenters. The molecule has 1 aliphatic rings. The minimum atomic E-state index is -0.964. The van der Waals surface area contributed by atoms with Crippen molar-refractivity contribution in [3.8, 4) is 5.75 Å². The predicted molar refractivity (Wildman–Crippen MR) is 159 cm³/mol. The van der Waals surface area contributed by atoms with Gasteiger partial charge in [0.25, 0.3) is 5.91 Å². The number of methoxy groups -OCH3 is 1. The van der Waals surface area contributed by atoms with Crippen molar-refractivity contribution in [3.05, 3.63) is 83.6 Å². The average molecular weight is 562 g/mol. The van der Waals surface area contributed by atoms with Crippen molar-refractivity contribution in [1.82, 2.24) is 24.9 Å². The number of carbonyl (C=O) groups is 2. The molecule has 2 atom stereocenters. The van der Waals surface area contributed by atoms with Gasteiger partial charge in [0.2, 0.25) is 0 Å². The lowest BCUT2D eigenvalue weighted by molar-refractivity contribution is 0.102. The molecule has 0 aliphatic carbocycles. The molecule has 0 spiro atoms. The second-order valence-electron chi connectivity index (χ2n) is 10.8. The van der Waals surface area contributed by atoms with Crippen LogP contribution in [0.3, 0.4) is 0 Å². The fourth-order valence-corrected chi connectivity index (χ4v) is 5.25. The molecule has 4 rings (SSSR count). The van der Waals surface area contributed by atoms with Crippen LogP contribution in [-0.4, -0.2) is 70.6 Å². The van der Waals surface area contributed by atoms with Gasteiger partial charge in [-0.2, -0.15) is 5.10 Å². The summed E-state index contributed by atoms with van der Waals surface area (Å²) in [4.78, 5) is 30.8. The van der Waals surface area contributed by atoms with Crippen LogP contribution in [-0.2, 0) is 19.1 Å². The highest BCUT2D eigenvalue weighted by atomic mass is 16.5. The molecule has 41 heavy (non-hydrogen) atoms. The van der Waals surface area contributed by atoms with E-state index in [4.69, 9.17) is 4.74 Å². The Kier molecular flexibility index (Phi) is 8.69. The van der Waals surface area contributed by atoms with Gasteiger partial charge in [0.05, 0.1) is 36.6 Å². The first-order chi connectivity index (χ1) is 19.5. The Hall–Kier alpha value is -4.35. The highest BCUT2D eigenvalue weighted by Crippen LogP contribution is 2.42. The summed E-state index contributed by atoms with van der Waals surface area (Å²) in [5, 5.41) is 23.4. The molecule has 218 valence electrons. The van der Waals surface area contributed by atoms with Gasteiger partial charge >= 0.3 is 6.03 Å². The van der Waals surface area contributed by atoms with Crippen LogP contribution in [0, 0.1) is 0 Å². The van der Waals surface area contributed by atoms with E-state index in [2.05, 4.69) is 27.6 Å². The summed E-state index contributed by atoms with van der Waals surface area (Å²) in [5.41, 5.74) is 2.84. The molecule has 0 saturated heterocycles. The van der Waals surface area contributed by atoms with Crippen LogP contribution in [0.15, 0.2) is 61.2 Å². The van der Waals surface area contributed by atoms with Gasteiger partial charge in [0.1, 0.15) is 12.0 Å². The monoisotopic (exact) mass is 561 g/mol. The summed E-state index contributed by atoms with van der Waals surface area (Å²) in [7, 11) is 7.24. The summed E-state index contributed by atoms with van der Waals surface area (Å²) in [6.07, 6.45) is 0.380. The Bertz CT molecular complexity index is 1420. The van der Waals surface area contributed by atoms with Crippen LogP contribution in [0.4, 0.5) is 16.3 Å². The third-order valence-corrected chi connectivity index (χ3v) is 7.23. The number of ether oxygens (including phenoxy) is 1. The molecule has 0 bridgehead atoms. The second kappa shape index (κ2) is 12.0. The van der Waals surface area contributed by atoms with Crippen molar-refractivity contribution in [2.75, 3.05) is 38.4 Å². The zero-order chi connectivity index (χ0) is 29.9. The largest absolute Gasteiger partial charge is 0.495 e. The zero-order valence-corrected chi connectivity index (χ0v) is 24.4. The highest BCUT2D eigenvalue weighted by Gasteiger charge is 2.45. The molecule has 3 amide bonds. The molecule has 0 fully saturated rings. The van der Waals surface area contributed by atoms with Crippen LogP contribution in [0.1, 0.15) is 47.1 Å². The number of aliphatic hydroxyl groups is 1. The quantitative estimate of drug-likeness (QED) is 0.220. The first kappa shape index (κ1) is 29.6. The second-order valence-corrected chi connectivity index (χ2v) is 10.8. The third kappa shape index (κ3) is 6.21. The molecule has 1 aliphatic heterocycles. The number of nitrogens with zero attached hydrogens (tertiary/aromatic N) is 4. The highest BCUT2D eigenvalue weighted by molar-refractivity contribution is 6.05. The van der Waals surface area contributed by atoms with Crippen molar-refractivity contribution in [1.29, 1.82) is 0 Å². The first-order valence-electron chi connectivity index (χ1n) is 13.4. The van der Waals surface area contributed by atoms with Crippen LogP contribution >= 0.6 is 0 Å². The lowest BCUT2D eigenvalue weighted by Gasteiger charge is -2.34. The summed E-state index contributed by atoms with van der Waals surface area (Å²) in [6, 6.07) is 14.3. The number of amides is 3. The summed E-state index contributed by atoms with van der Waals surface area (Å²) >= 11 is 0. The minimum Gasteiger partial charge on any atom is -0.495 e. The SMILES string of the molecule is C=CC(O)Nc1ccc(C(=O)Nc2nn(C)c3c2CN(C(=O)N[C@H](CN(C)C)c2ccccc2)C3(C)C)cc1OC. The van der Waals surface area contributed by atoms with Crippen molar-refractivity contribution in [2.24, 2.45) is 7.05 Å². The number of anilines is 2. The molecule has 0 radical (unpaired) electrons. The van der Waals surface area contributed by atoms with E-state index < -0.39 is 11.8 Å². The molecule has 1 aromatic heterocycles. The number of hydrogen-bond donors (Lipinski definition) is 4. The molecular formula is C30H39N7O4. The Morgan fingerprint density at radius 1 is 1.22 bits per heavy atom. The van der Waals surface area contributed by atoms with E-state index in [0.29, 0.717) is 29.4 Å². The van der Waals surface area contributed by atoms with Gasteiger partial charge < -0.3 is 35.6 Å². The number of carbonyl (C=O) groups excluding carboxylic acids is 2. The first-order valence-corrected chi connectivity index (χ1v) is 13.4. The zero-order valence-electron chi connectivity index (χ0n) is 24.4. The Morgan fingerprint density at radius 2 is 1.93 bits per heavy atom. The van der Waals surface area contributed by atoms with E-state index in [1.54, 1.807) is 27.8 Å². The molecule has 11 heteroatoms. The van der Waals surface area contributed by atoms with Crippen LogP contribution in [0.2, 0.25) is 0 Å². The average Bonchev–Trinajstić information content (AvgIpc) is 3.41. The summed E-state index contributed by atoms with van der Waals surface area (Å²) < 4.78 is 7.12. The lowest BCUT2D eigenvalue weighted by Crippen LogP contribution is -2.49. The van der Waals surface area contributed by atoms with E-state index in [9.17, 15) is 14.7 Å². The normalized spacial score (nSPS) is 15.2.